The summed E-state index contributed by atoms with van der Waals surface area (Å²) in [5, 5.41) is 14.5. The van der Waals surface area contributed by atoms with Crippen LogP contribution >= 0.6 is 0 Å². The highest BCUT2D eigenvalue weighted by molar-refractivity contribution is 5.84. The molecule has 0 aliphatic rings. The van der Waals surface area contributed by atoms with Gasteiger partial charge in [0, 0.05) is 25.4 Å². The van der Waals surface area contributed by atoms with Crippen LogP contribution in [0.3, 0.4) is 0 Å². The third-order valence-corrected chi connectivity index (χ3v) is 3.54. The number of unbranched alkanes of at least 4 members (excludes halogenated alkanes) is 1. The van der Waals surface area contributed by atoms with Crippen molar-refractivity contribution in [2.75, 3.05) is 34.2 Å². The molecule has 8 heteroatoms. The Bertz CT molecular complexity index is 433. The fourth-order valence-electron chi connectivity index (χ4n) is 2.47. The molecular weight excluding hydrogens is 324 g/mol. The van der Waals surface area contributed by atoms with E-state index in [4.69, 9.17) is 10.8 Å². The third kappa shape index (κ3) is 15.6. The minimum absolute atomic E-state index is 0.0545. The molecule has 2 unspecified atom stereocenters. The van der Waals surface area contributed by atoms with E-state index in [0.717, 1.165) is 19.3 Å². The molecule has 0 heterocycles. The average molecular weight is 359 g/mol. The van der Waals surface area contributed by atoms with E-state index in [9.17, 15) is 14.4 Å². The van der Waals surface area contributed by atoms with Crippen LogP contribution in [0.4, 0.5) is 0 Å². The molecule has 0 spiro atoms. The summed E-state index contributed by atoms with van der Waals surface area (Å²) in [5.41, 5.74) is 5.65. The van der Waals surface area contributed by atoms with Gasteiger partial charge in [-0.2, -0.15) is 0 Å². The highest BCUT2D eigenvalue weighted by Crippen LogP contribution is 2.02. The van der Waals surface area contributed by atoms with Crippen molar-refractivity contribution in [3.05, 3.63) is 0 Å². The first-order valence-corrected chi connectivity index (χ1v) is 8.83. The van der Waals surface area contributed by atoms with Crippen molar-refractivity contribution < 1.29 is 24.0 Å². The summed E-state index contributed by atoms with van der Waals surface area (Å²) in [7, 11) is 5.79. The number of hydrogen-bond donors (Lipinski definition) is 4. The first-order valence-electron chi connectivity index (χ1n) is 8.83. The van der Waals surface area contributed by atoms with Crippen LogP contribution in [0.25, 0.3) is 0 Å². The summed E-state index contributed by atoms with van der Waals surface area (Å²) in [5.74, 6) is -1.42. The first-order chi connectivity index (χ1) is 11.5. The highest BCUT2D eigenvalue weighted by atomic mass is 16.4. The molecule has 0 aromatic carbocycles. The molecule has 0 radical (unpaired) electrons. The average Bonchev–Trinajstić information content (AvgIpc) is 2.41. The molecule has 0 saturated carbocycles. The Morgan fingerprint density at radius 3 is 2.20 bits per heavy atom. The van der Waals surface area contributed by atoms with Crippen molar-refractivity contribution in [1.82, 2.24) is 10.6 Å². The van der Waals surface area contributed by atoms with E-state index in [1.54, 1.807) is 0 Å². The van der Waals surface area contributed by atoms with Gasteiger partial charge in [-0.05, 0) is 19.8 Å². The Morgan fingerprint density at radius 1 is 1.08 bits per heavy atom. The normalized spacial score (nSPS) is 13.8. The fraction of sp³-hybridized carbons (Fsp3) is 0.824. The second-order valence-electron chi connectivity index (χ2n) is 7.66. The molecule has 25 heavy (non-hydrogen) atoms. The summed E-state index contributed by atoms with van der Waals surface area (Å²) in [4.78, 5) is 34.6. The van der Waals surface area contributed by atoms with Crippen LogP contribution in [0.15, 0.2) is 0 Å². The number of rotatable bonds is 13. The first kappa shape index (κ1) is 23.3. The van der Waals surface area contributed by atoms with Crippen LogP contribution in [0.5, 0.6) is 0 Å². The Balaban J connectivity index is 4.08. The van der Waals surface area contributed by atoms with Crippen LogP contribution in [0.2, 0.25) is 0 Å². The molecule has 0 aromatic rings. The Labute approximate surface area is 150 Å². The number of nitrogens with zero attached hydrogens (tertiary/aromatic N) is 1. The Hall–Kier alpha value is -1.67. The highest BCUT2D eigenvalue weighted by Gasteiger charge is 2.22. The fourth-order valence-corrected chi connectivity index (χ4v) is 2.47. The topological polar surface area (TPSA) is 122 Å². The van der Waals surface area contributed by atoms with Crippen molar-refractivity contribution in [3.63, 3.8) is 0 Å². The largest absolute Gasteiger partial charge is 0.481 e. The predicted octanol–water partition coefficient (Wildman–Crippen LogP) is 0.0660. The zero-order valence-electron chi connectivity index (χ0n) is 16.0. The van der Waals surface area contributed by atoms with E-state index >= 15 is 0 Å². The van der Waals surface area contributed by atoms with Crippen molar-refractivity contribution >= 4 is 17.8 Å². The number of carboxylic acid groups (broad SMARTS) is 1. The summed E-state index contributed by atoms with van der Waals surface area (Å²) in [6.45, 7) is 3.04. The maximum absolute atomic E-state index is 12.0. The van der Waals surface area contributed by atoms with Gasteiger partial charge in [0.1, 0.15) is 0 Å². The van der Waals surface area contributed by atoms with E-state index < -0.39 is 12.0 Å². The quantitative estimate of drug-likeness (QED) is 0.274. The van der Waals surface area contributed by atoms with Crippen molar-refractivity contribution in [2.24, 2.45) is 5.73 Å². The van der Waals surface area contributed by atoms with Gasteiger partial charge in [0.25, 0.3) is 0 Å². The third-order valence-electron chi connectivity index (χ3n) is 3.54. The van der Waals surface area contributed by atoms with Gasteiger partial charge >= 0.3 is 5.97 Å². The second kappa shape index (κ2) is 11.8. The van der Waals surface area contributed by atoms with E-state index in [2.05, 4.69) is 10.6 Å². The van der Waals surface area contributed by atoms with Crippen molar-refractivity contribution in [1.29, 1.82) is 0 Å². The minimum Gasteiger partial charge on any atom is -0.481 e. The maximum atomic E-state index is 12.0. The lowest BCUT2D eigenvalue weighted by atomic mass is 10.1. The smallest absolute Gasteiger partial charge is 0.305 e. The number of hydrogen-bond acceptors (Lipinski definition) is 4. The van der Waals surface area contributed by atoms with Gasteiger partial charge in [-0.3, -0.25) is 14.4 Å². The summed E-state index contributed by atoms with van der Waals surface area (Å²) in [6.07, 6.45) is 2.77. The van der Waals surface area contributed by atoms with Gasteiger partial charge in [-0.15, -0.1) is 0 Å². The van der Waals surface area contributed by atoms with Crippen LogP contribution < -0.4 is 16.4 Å². The van der Waals surface area contributed by atoms with E-state index in [-0.39, 0.29) is 37.1 Å². The standard InChI is InChI=1S/C17H34N4O4/c1-13(18)7-5-6-10-19-15(22)8-9-16(23)20-14(11-17(24)25)12-21(2,3)4/h13-14H,5-12,18H2,1-4H3,(H2-,19,20,22,23,24,25)/p+1. The molecule has 0 saturated heterocycles. The predicted molar refractivity (Wildman–Crippen MR) is 96.8 cm³/mol. The van der Waals surface area contributed by atoms with E-state index in [1.807, 2.05) is 28.1 Å². The van der Waals surface area contributed by atoms with E-state index in [0.29, 0.717) is 17.6 Å². The molecule has 0 bridgehead atoms. The monoisotopic (exact) mass is 359 g/mol. The number of nitrogens with two attached hydrogens (primary N) is 1. The van der Waals surface area contributed by atoms with Gasteiger partial charge in [0.15, 0.2) is 0 Å². The second-order valence-corrected chi connectivity index (χ2v) is 7.66. The van der Waals surface area contributed by atoms with Crippen molar-refractivity contribution in [2.45, 2.75) is 57.5 Å². The molecule has 146 valence electrons. The lowest BCUT2D eigenvalue weighted by molar-refractivity contribution is -0.871. The van der Waals surface area contributed by atoms with Gasteiger partial charge < -0.3 is 26.0 Å². The van der Waals surface area contributed by atoms with E-state index in [1.165, 1.54) is 0 Å². The molecular formula is C17H35N4O4+. The van der Waals surface area contributed by atoms with Gasteiger partial charge in [-0.1, -0.05) is 6.42 Å². The SMILES string of the molecule is CC(N)CCCCNC(=O)CCC(=O)NC(CC(=O)O)C[N+](C)(C)C. The Morgan fingerprint density at radius 2 is 1.68 bits per heavy atom. The van der Waals surface area contributed by atoms with Gasteiger partial charge in [-0.25, -0.2) is 0 Å². The molecule has 2 amide bonds. The molecule has 0 aromatic heterocycles. The Kier molecular flexibility index (Phi) is 11.0. The summed E-state index contributed by atoms with van der Waals surface area (Å²) >= 11 is 0. The van der Waals surface area contributed by atoms with Crippen molar-refractivity contribution in [3.8, 4) is 0 Å². The zero-order chi connectivity index (χ0) is 19.5. The number of amides is 2. The summed E-state index contributed by atoms with van der Waals surface area (Å²) < 4.78 is 0.542. The number of likely N-dealkylation sites (N-methyl/N-ethyl adjacent to an activating group) is 1. The van der Waals surface area contributed by atoms with Crippen LogP contribution in [0, 0.1) is 0 Å². The molecule has 0 rings (SSSR count). The molecule has 5 N–H and O–H groups in total. The summed E-state index contributed by atoms with van der Waals surface area (Å²) in [6, 6.07) is -0.281. The number of quaternary nitrogens is 1. The van der Waals surface area contributed by atoms with Gasteiger partial charge in [0.2, 0.25) is 11.8 Å². The number of nitrogens with one attached hydrogen (secondary N) is 2. The zero-order valence-corrected chi connectivity index (χ0v) is 16.0. The maximum Gasteiger partial charge on any atom is 0.305 e. The molecule has 0 aliphatic heterocycles. The lowest BCUT2D eigenvalue weighted by Gasteiger charge is -2.29. The molecule has 2 atom stereocenters. The molecule has 0 aliphatic carbocycles. The number of aliphatic carboxylic acids is 1. The molecule has 0 fully saturated rings. The van der Waals surface area contributed by atoms with Crippen LogP contribution in [-0.4, -0.2) is 73.7 Å². The number of carbonyl (C=O) groups excluding carboxylic acids is 2. The van der Waals surface area contributed by atoms with Gasteiger partial charge in [0.05, 0.1) is 40.2 Å². The van der Waals surface area contributed by atoms with Crippen LogP contribution in [-0.2, 0) is 14.4 Å². The molecule has 8 nitrogen and oxygen atoms in total. The van der Waals surface area contributed by atoms with Crippen LogP contribution in [0.1, 0.15) is 45.4 Å². The lowest BCUT2D eigenvalue weighted by Crippen LogP contribution is -2.49. The number of carboxylic acids is 1. The minimum atomic E-state index is -0.955. The number of carbonyl (C=O) groups is 3.